The molecule has 0 spiro atoms. The van der Waals surface area contributed by atoms with Crippen molar-refractivity contribution in [2.24, 2.45) is 0 Å². The van der Waals surface area contributed by atoms with Gasteiger partial charge < -0.3 is 73.2 Å². The van der Waals surface area contributed by atoms with Gasteiger partial charge in [0.2, 0.25) is 0 Å². The molecule has 0 radical (unpaired) electrons. The maximum absolute atomic E-state index is 7.03. The summed E-state index contributed by atoms with van der Waals surface area (Å²) < 4.78 is 103. The predicted molar refractivity (Wildman–Crippen MR) is 550 cm³/mol. The number of rotatable bonds is 40. The molecular formula is C112H112O16P4S2. The van der Waals surface area contributed by atoms with Crippen LogP contribution in [0, 0.1) is 0 Å². The second-order valence-corrected chi connectivity index (χ2v) is 40.6. The highest BCUT2D eigenvalue weighted by atomic mass is 32.2. The third-order valence-electron chi connectivity index (χ3n) is 24.1. The smallest absolute Gasteiger partial charge is 0.493 e. The molecule has 16 aromatic carbocycles. The summed E-state index contributed by atoms with van der Waals surface area (Å²) >= 11 is 3.10. The maximum Gasteiger partial charge on any atom is 0.530 e. The van der Waals surface area contributed by atoms with Gasteiger partial charge in [-0.1, -0.05) is 301 Å². The molecule has 0 unspecified atom stereocenters. The van der Waals surface area contributed by atoms with E-state index >= 15 is 0 Å². The molecule has 688 valence electrons. The van der Waals surface area contributed by atoms with Crippen molar-refractivity contribution < 1.29 is 73.2 Å². The topological polar surface area (TPSA) is 148 Å². The van der Waals surface area contributed by atoms with Gasteiger partial charge in [-0.15, -0.1) is 0 Å². The molecule has 22 heteroatoms. The molecule has 0 fully saturated rings. The van der Waals surface area contributed by atoms with E-state index < -0.39 is 34.4 Å². The van der Waals surface area contributed by atoms with Crippen LogP contribution in [0.15, 0.2) is 359 Å². The Morgan fingerprint density at radius 2 is 0.366 bits per heavy atom. The van der Waals surface area contributed by atoms with Crippen LogP contribution in [0.3, 0.4) is 0 Å². The Kier molecular flexibility index (Phi) is 31.9. The highest BCUT2D eigenvalue weighted by molar-refractivity contribution is 7.99. The summed E-state index contributed by atoms with van der Waals surface area (Å²) in [6.07, 6.45) is 3.71. The summed E-state index contributed by atoms with van der Waals surface area (Å²) in [7, 11) is -2.00. The van der Waals surface area contributed by atoms with Crippen molar-refractivity contribution in [2.75, 3.05) is 28.4 Å². The number of para-hydroxylation sites is 8. The van der Waals surface area contributed by atoms with Gasteiger partial charge >= 0.3 is 34.4 Å². The van der Waals surface area contributed by atoms with E-state index in [9.17, 15) is 0 Å². The molecule has 0 heterocycles. The van der Waals surface area contributed by atoms with Gasteiger partial charge in [0.15, 0.2) is 46.0 Å². The Labute approximate surface area is 801 Å². The van der Waals surface area contributed by atoms with E-state index in [-0.39, 0.29) is 21.7 Å². The molecule has 0 aliphatic heterocycles. The molecule has 0 bridgehead atoms. The van der Waals surface area contributed by atoms with Crippen molar-refractivity contribution >= 4 is 101 Å². The van der Waals surface area contributed by atoms with E-state index in [0.717, 1.165) is 99.5 Å². The van der Waals surface area contributed by atoms with Crippen molar-refractivity contribution in [3.8, 4) is 92.0 Å². The van der Waals surface area contributed by atoms with Gasteiger partial charge in [-0.3, -0.25) is 0 Å². The van der Waals surface area contributed by atoms with Crippen molar-refractivity contribution in [1.29, 1.82) is 0 Å². The van der Waals surface area contributed by atoms with Crippen LogP contribution in [0.4, 0.5) is 0 Å². The maximum atomic E-state index is 7.03. The van der Waals surface area contributed by atoms with E-state index in [1.54, 1.807) is 40.2 Å². The van der Waals surface area contributed by atoms with Crippen LogP contribution in [-0.4, -0.2) is 28.4 Å². The second-order valence-electron chi connectivity index (χ2n) is 34.4. The number of benzene rings is 16. The van der Waals surface area contributed by atoms with Crippen LogP contribution < -0.4 is 73.2 Å². The van der Waals surface area contributed by atoms with Crippen LogP contribution in [-0.2, 0) is 21.7 Å². The molecule has 16 nitrogen and oxygen atoms in total. The van der Waals surface area contributed by atoms with Gasteiger partial charge in [0, 0.05) is 0 Å². The fourth-order valence-corrected chi connectivity index (χ4v) is 20.7. The SMILES string of the molecule is CCC(C)(C)c1ccc(OP(Oc2ccc3ccccc3c2)Oc2ccc3ccccc3c2)c(Sc2cc(C(C)(C)CC)ccc2OP(Oc2ccc3ccccc3c2)Oc2ccc3ccccc3c2)c1.CCC(C)(C)c1ccc(OP(Oc2ccccc2OC)Oc2ccccc2OC)c(Sc2cc(C(C)(C)CC)ccc2OP(Oc2ccccc2OC)Oc2ccccc2OC)c1. The summed E-state index contributed by atoms with van der Waals surface area (Å²) in [6, 6.07) is 112. The van der Waals surface area contributed by atoms with Crippen LogP contribution in [0.5, 0.6) is 92.0 Å². The Morgan fingerprint density at radius 1 is 0.187 bits per heavy atom. The van der Waals surface area contributed by atoms with Gasteiger partial charge in [0.1, 0.15) is 46.0 Å². The monoisotopic (exact) mass is 1900 g/mol. The Morgan fingerprint density at radius 3 is 0.567 bits per heavy atom. The summed E-state index contributed by atoms with van der Waals surface area (Å²) in [5.41, 5.74) is 4.09. The van der Waals surface area contributed by atoms with E-state index in [0.29, 0.717) is 92.0 Å². The Bertz CT molecular complexity index is 6050. The van der Waals surface area contributed by atoms with E-state index in [1.165, 1.54) is 22.9 Å². The van der Waals surface area contributed by atoms with Crippen molar-refractivity contribution in [3.05, 3.63) is 362 Å². The molecule has 0 saturated carbocycles. The molecule has 16 rings (SSSR count). The van der Waals surface area contributed by atoms with E-state index in [2.05, 4.69) is 217 Å². The number of fused-ring (bicyclic) bond motifs is 4. The minimum atomic E-state index is -2.15. The minimum absolute atomic E-state index is 0.122. The molecule has 16 aromatic rings. The third kappa shape index (κ3) is 24.3. The average molecular weight is 1900 g/mol. The second kappa shape index (κ2) is 44.3. The Balaban J connectivity index is 0.000000206. The molecule has 0 saturated heterocycles. The molecule has 0 N–H and O–H groups in total. The first kappa shape index (κ1) is 96.4. The molecule has 134 heavy (non-hydrogen) atoms. The van der Waals surface area contributed by atoms with Gasteiger partial charge in [-0.25, -0.2) is 0 Å². The van der Waals surface area contributed by atoms with Gasteiger partial charge in [-0.2, -0.15) is 0 Å². The quantitative estimate of drug-likeness (QED) is 0.0335. The molecule has 0 aliphatic rings. The fraction of sp³-hybridized carbons (Fsp3) is 0.214. The zero-order valence-electron chi connectivity index (χ0n) is 78.3. The lowest BCUT2D eigenvalue weighted by atomic mass is 9.82. The van der Waals surface area contributed by atoms with Crippen molar-refractivity contribution in [1.82, 2.24) is 0 Å². The molecular weight excluding hydrogens is 1790 g/mol. The number of hydrogen-bond acceptors (Lipinski definition) is 18. The predicted octanol–water partition coefficient (Wildman–Crippen LogP) is 34.1. The summed E-state index contributed by atoms with van der Waals surface area (Å²) in [5, 5.41) is 8.72. The van der Waals surface area contributed by atoms with Crippen LogP contribution in [0.1, 0.15) is 131 Å². The van der Waals surface area contributed by atoms with Gasteiger partial charge in [-0.05, 0) is 258 Å². The van der Waals surface area contributed by atoms with E-state index in [1.807, 2.05) is 206 Å². The zero-order chi connectivity index (χ0) is 93.9. The molecule has 0 aliphatic carbocycles. The van der Waals surface area contributed by atoms with Crippen LogP contribution in [0.2, 0.25) is 0 Å². The molecule has 0 atom stereocenters. The van der Waals surface area contributed by atoms with Crippen LogP contribution >= 0.6 is 57.9 Å². The largest absolute Gasteiger partial charge is 0.530 e. The van der Waals surface area contributed by atoms with Gasteiger partial charge in [0.05, 0.1) is 48.0 Å². The standard InChI is InChI=1S/C62H56O6P2S.C50H56O10P2S/c1-7-61(3,4)51-29-35-57(67-69(63-53-31-25-43-17-9-13-21-47(43)37-53)64-54-32-26-44-18-10-14-22-48(44)38-54)59(41-51)71-60-42-52(62(5,6)8-2)30-36-58(60)68-70(65-55-33-27-45-19-11-15-23-49(45)39-55)66-56-34-28-46-20-12-16-24-50(46)40-56;1-11-49(3,4)35-29-31-45(59-61(55-41-25-17-13-21-37(41)51-7)56-42-26-18-14-22-38(42)52-8)47(33-35)63-48-34-36(50(5,6)12-2)30-32-46(48)60-62(57-43-27-19-15-23-39(43)53-9)58-44-28-20-16-24-40(44)54-10/h9-42H,7-8H2,1-6H3;13-34H,11-12H2,1-10H3. The minimum Gasteiger partial charge on any atom is -0.493 e. The highest BCUT2D eigenvalue weighted by Gasteiger charge is 2.34. The zero-order valence-corrected chi connectivity index (χ0v) is 83.5. The first-order valence-corrected chi connectivity index (χ1v) is 50.7. The fourth-order valence-electron chi connectivity index (χ4n) is 14.3. The van der Waals surface area contributed by atoms with Crippen LogP contribution in [0.25, 0.3) is 43.1 Å². The Hall–Kier alpha value is -12.2. The third-order valence-corrected chi connectivity index (χ3v) is 30.5. The van der Waals surface area contributed by atoms with Crippen molar-refractivity contribution in [3.63, 3.8) is 0 Å². The van der Waals surface area contributed by atoms with E-state index in [4.69, 9.17) is 73.2 Å². The number of methoxy groups -OCH3 is 4. The summed E-state index contributed by atoms with van der Waals surface area (Å²) in [5.74, 6) is 8.86. The highest BCUT2D eigenvalue weighted by Crippen LogP contribution is 2.57. The average Bonchev–Trinajstić information content (AvgIpc) is 0.786. The summed E-state index contributed by atoms with van der Waals surface area (Å²) in [6.45, 7) is 26.8. The lowest BCUT2D eigenvalue weighted by Crippen LogP contribution is -2.16. The normalized spacial score (nSPS) is 11.7. The lowest BCUT2D eigenvalue weighted by molar-refractivity contribution is 0.345. The first-order valence-electron chi connectivity index (χ1n) is 44.7. The first-order chi connectivity index (χ1) is 64.9. The summed E-state index contributed by atoms with van der Waals surface area (Å²) in [4.78, 5) is 3.39. The number of hydrogen-bond donors (Lipinski definition) is 0. The number of ether oxygens (including phenoxy) is 4. The van der Waals surface area contributed by atoms with Gasteiger partial charge in [0.25, 0.3) is 0 Å². The van der Waals surface area contributed by atoms with Crippen molar-refractivity contribution in [2.45, 2.75) is 150 Å². The molecule has 0 aromatic heterocycles. The molecule has 0 amide bonds. The lowest BCUT2D eigenvalue weighted by Gasteiger charge is -2.27.